The van der Waals surface area contributed by atoms with Crippen molar-refractivity contribution in [2.75, 3.05) is 19.1 Å². The molecule has 0 radical (unpaired) electrons. The van der Waals surface area contributed by atoms with Crippen molar-refractivity contribution >= 4 is 35.0 Å². The zero-order chi connectivity index (χ0) is 11.3. The van der Waals surface area contributed by atoms with E-state index in [1.165, 1.54) is 0 Å². The van der Waals surface area contributed by atoms with E-state index in [1.54, 1.807) is 6.07 Å². The largest absolute Gasteiger partial charge is 0.313 e. The van der Waals surface area contributed by atoms with Crippen LogP contribution in [0.25, 0.3) is 0 Å². The highest BCUT2D eigenvalue weighted by atomic mass is 35.5. The monoisotopic (exact) mass is 263 g/mol. The summed E-state index contributed by atoms with van der Waals surface area (Å²) < 4.78 is 0. The molecule has 1 aromatic carbocycles. The standard InChI is InChI=1S/C11H15Cl2NS/c1-14-11(5-6-15-2)9-4-3-8(12)7-10(9)13/h3-4,7,11,14H,5-6H2,1-2H3. The first-order chi connectivity index (χ1) is 7.19. The van der Waals surface area contributed by atoms with Crippen molar-refractivity contribution < 1.29 is 0 Å². The molecular formula is C11H15Cl2NS. The quantitative estimate of drug-likeness (QED) is 0.862. The van der Waals surface area contributed by atoms with Crippen molar-refractivity contribution in [2.24, 2.45) is 0 Å². The second kappa shape index (κ2) is 6.64. The zero-order valence-corrected chi connectivity index (χ0v) is 11.2. The van der Waals surface area contributed by atoms with Gasteiger partial charge < -0.3 is 5.32 Å². The third-order valence-corrected chi connectivity index (χ3v) is 3.50. The summed E-state index contributed by atoms with van der Waals surface area (Å²) in [6, 6.07) is 5.97. The lowest BCUT2D eigenvalue weighted by Gasteiger charge is -2.17. The van der Waals surface area contributed by atoms with Crippen molar-refractivity contribution in [2.45, 2.75) is 12.5 Å². The number of rotatable bonds is 5. The molecule has 0 aliphatic carbocycles. The maximum Gasteiger partial charge on any atom is 0.0468 e. The topological polar surface area (TPSA) is 12.0 Å². The smallest absolute Gasteiger partial charge is 0.0468 e. The molecule has 0 bridgehead atoms. The molecule has 1 aromatic rings. The Balaban J connectivity index is 2.81. The van der Waals surface area contributed by atoms with E-state index < -0.39 is 0 Å². The molecule has 0 spiro atoms. The van der Waals surface area contributed by atoms with E-state index in [0.717, 1.165) is 22.8 Å². The minimum atomic E-state index is 0.308. The molecule has 0 saturated heterocycles. The van der Waals surface area contributed by atoms with Crippen molar-refractivity contribution in [1.82, 2.24) is 5.32 Å². The number of nitrogens with one attached hydrogen (secondary N) is 1. The molecule has 0 aromatic heterocycles. The van der Waals surface area contributed by atoms with Gasteiger partial charge in [0.2, 0.25) is 0 Å². The molecule has 15 heavy (non-hydrogen) atoms. The van der Waals surface area contributed by atoms with Crippen LogP contribution in [0.1, 0.15) is 18.0 Å². The van der Waals surface area contributed by atoms with Crippen molar-refractivity contribution in [3.05, 3.63) is 33.8 Å². The molecule has 0 aliphatic rings. The van der Waals surface area contributed by atoms with Crippen molar-refractivity contribution in [1.29, 1.82) is 0 Å². The zero-order valence-electron chi connectivity index (χ0n) is 8.89. The molecule has 1 rings (SSSR count). The normalized spacial score (nSPS) is 12.8. The Bertz CT molecular complexity index is 317. The van der Waals surface area contributed by atoms with E-state index in [4.69, 9.17) is 23.2 Å². The number of hydrogen-bond acceptors (Lipinski definition) is 2. The summed E-state index contributed by atoms with van der Waals surface area (Å²) in [6.45, 7) is 0. The Hall–Kier alpha value is 0.110. The fourth-order valence-corrected chi connectivity index (χ4v) is 2.49. The molecular weight excluding hydrogens is 249 g/mol. The summed E-state index contributed by atoms with van der Waals surface area (Å²) in [6.07, 6.45) is 3.18. The van der Waals surface area contributed by atoms with Crippen LogP contribution in [-0.4, -0.2) is 19.1 Å². The van der Waals surface area contributed by atoms with Gasteiger partial charge in [-0.1, -0.05) is 29.3 Å². The summed E-state index contributed by atoms with van der Waals surface area (Å²) in [5.74, 6) is 1.12. The third kappa shape index (κ3) is 3.87. The van der Waals surface area contributed by atoms with Crippen molar-refractivity contribution in [3.8, 4) is 0 Å². The lowest BCUT2D eigenvalue weighted by atomic mass is 10.0. The highest BCUT2D eigenvalue weighted by molar-refractivity contribution is 7.98. The third-order valence-electron chi connectivity index (χ3n) is 2.30. The molecule has 1 unspecified atom stereocenters. The SMILES string of the molecule is CNC(CCSC)c1ccc(Cl)cc1Cl. The van der Waals surface area contributed by atoms with Gasteiger partial charge in [-0.15, -0.1) is 0 Å². The number of halogens is 2. The van der Waals surface area contributed by atoms with Crippen LogP contribution in [0.3, 0.4) is 0 Å². The molecule has 1 N–H and O–H groups in total. The Morgan fingerprint density at radius 1 is 1.40 bits per heavy atom. The van der Waals surface area contributed by atoms with Gasteiger partial charge in [0, 0.05) is 16.1 Å². The van der Waals surface area contributed by atoms with E-state index in [-0.39, 0.29) is 0 Å². The lowest BCUT2D eigenvalue weighted by molar-refractivity contribution is 0.581. The molecule has 0 fully saturated rings. The number of thioether (sulfide) groups is 1. The molecule has 84 valence electrons. The van der Waals surface area contributed by atoms with E-state index in [0.29, 0.717) is 11.1 Å². The number of benzene rings is 1. The van der Waals surface area contributed by atoms with Gasteiger partial charge in [0.25, 0.3) is 0 Å². The Kier molecular flexibility index (Phi) is 5.83. The van der Waals surface area contributed by atoms with E-state index in [1.807, 2.05) is 30.9 Å². The van der Waals surface area contributed by atoms with Gasteiger partial charge in [-0.3, -0.25) is 0 Å². The summed E-state index contributed by atoms with van der Waals surface area (Å²) >= 11 is 13.9. The molecule has 1 nitrogen and oxygen atoms in total. The Morgan fingerprint density at radius 2 is 2.13 bits per heavy atom. The predicted molar refractivity (Wildman–Crippen MR) is 71.3 cm³/mol. The van der Waals surface area contributed by atoms with E-state index in [2.05, 4.69) is 11.6 Å². The summed E-state index contributed by atoms with van der Waals surface area (Å²) in [5, 5.41) is 4.70. The highest BCUT2D eigenvalue weighted by Crippen LogP contribution is 2.28. The average Bonchev–Trinajstić information content (AvgIpc) is 2.21. The van der Waals surface area contributed by atoms with Gasteiger partial charge >= 0.3 is 0 Å². The van der Waals surface area contributed by atoms with Crippen LogP contribution in [0.15, 0.2) is 18.2 Å². The first-order valence-electron chi connectivity index (χ1n) is 4.80. The van der Waals surface area contributed by atoms with Gasteiger partial charge in [-0.05, 0) is 43.2 Å². The van der Waals surface area contributed by atoms with Crippen LogP contribution in [0, 0.1) is 0 Å². The second-order valence-electron chi connectivity index (χ2n) is 3.29. The summed E-state index contributed by atoms with van der Waals surface area (Å²) in [5.41, 5.74) is 1.12. The number of hydrogen-bond donors (Lipinski definition) is 1. The van der Waals surface area contributed by atoms with Crippen LogP contribution in [0.4, 0.5) is 0 Å². The second-order valence-corrected chi connectivity index (χ2v) is 5.12. The predicted octanol–water partition coefficient (Wildman–Crippen LogP) is 4.01. The van der Waals surface area contributed by atoms with Crippen LogP contribution < -0.4 is 5.32 Å². The summed E-state index contributed by atoms with van der Waals surface area (Å²) in [7, 11) is 1.95. The minimum absolute atomic E-state index is 0.308. The summed E-state index contributed by atoms with van der Waals surface area (Å²) in [4.78, 5) is 0. The van der Waals surface area contributed by atoms with Crippen LogP contribution >= 0.6 is 35.0 Å². The Morgan fingerprint density at radius 3 is 2.67 bits per heavy atom. The van der Waals surface area contributed by atoms with Crippen LogP contribution in [0.5, 0.6) is 0 Å². The molecule has 1 atom stereocenters. The highest BCUT2D eigenvalue weighted by Gasteiger charge is 2.12. The van der Waals surface area contributed by atoms with Gasteiger partial charge in [0.1, 0.15) is 0 Å². The van der Waals surface area contributed by atoms with Crippen LogP contribution in [0.2, 0.25) is 10.0 Å². The van der Waals surface area contributed by atoms with E-state index in [9.17, 15) is 0 Å². The first-order valence-corrected chi connectivity index (χ1v) is 6.95. The molecule has 0 aliphatic heterocycles. The first kappa shape index (κ1) is 13.2. The van der Waals surface area contributed by atoms with Crippen molar-refractivity contribution in [3.63, 3.8) is 0 Å². The maximum atomic E-state index is 6.15. The fraction of sp³-hybridized carbons (Fsp3) is 0.455. The Labute approximate surface area is 106 Å². The maximum absolute atomic E-state index is 6.15. The molecule has 0 heterocycles. The molecule has 4 heteroatoms. The molecule has 0 amide bonds. The van der Waals surface area contributed by atoms with Gasteiger partial charge in [-0.25, -0.2) is 0 Å². The van der Waals surface area contributed by atoms with E-state index >= 15 is 0 Å². The van der Waals surface area contributed by atoms with Gasteiger partial charge in [-0.2, -0.15) is 11.8 Å². The van der Waals surface area contributed by atoms with Gasteiger partial charge in [0.05, 0.1) is 0 Å². The van der Waals surface area contributed by atoms with Crippen LogP contribution in [-0.2, 0) is 0 Å². The average molecular weight is 264 g/mol. The van der Waals surface area contributed by atoms with Gasteiger partial charge in [0.15, 0.2) is 0 Å². The lowest BCUT2D eigenvalue weighted by Crippen LogP contribution is -2.17. The minimum Gasteiger partial charge on any atom is -0.313 e. The fourth-order valence-electron chi connectivity index (χ4n) is 1.48. The molecule has 0 saturated carbocycles.